The van der Waals surface area contributed by atoms with E-state index in [2.05, 4.69) is 20.4 Å². The molecular formula is C21H17N5O3S. The van der Waals surface area contributed by atoms with Crippen molar-refractivity contribution in [2.75, 3.05) is 12.4 Å². The fraction of sp³-hybridized carbons (Fsp3) is 0.0952. The molecule has 0 bridgehead atoms. The van der Waals surface area contributed by atoms with Crippen LogP contribution in [0.2, 0.25) is 0 Å². The predicted octanol–water partition coefficient (Wildman–Crippen LogP) is 3.08. The zero-order valence-corrected chi connectivity index (χ0v) is 16.8. The van der Waals surface area contributed by atoms with E-state index in [4.69, 9.17) is 4.74 Å². The molecule has 0 aliphatic carbocycles. The van der Waals surface area contributed by atoms with Gasteiger partial charge in [0.2, 0.25) is 5.91 Å². The van der Waals surface area contributed by atoms with Gasteiger partial charge in [-0.15, -0.1) is 11.3 Å². The van der Waals surface area contributed by atoms with Gasteiger partial charge < -0.3 is 10.1 Å². The Morgan fingerprint density at radius 1 is 1.13 bits per heavy atom. The Morgan fingerprint density at radius 3 is 2.80 bits per heavy atom. The maximum Gasteiger partial charge on any atom is 0.267 e. The lowest BCUT2D eigenvalue weighted by Crippen LogP contribution is -2.29. The van der Waals surface area contributed by atoms with Crippen LogP contribution in [-0.2, 0) is 11.3 Å². The molecule has 1 N–H and O–H groups in total. The number of methoxy groups -OCH3 is 1. The van der Waals surface area contributed by atoms with E-state index in [1.54, 1.807) is 25.6 Å². The van der Waals surface area contributed by atoms with Crippen LogP contribution in [0.4, 0.5) is 5.13 Å². The molecule has 3 aromatic heterocycles. The molecule has 0 spiro atoms. The maximum atomic E-state index is 12.5. The summed E-state index contributed by atoms with van der Waals surface area (Å²) >= 11 is 1.30. The van der Waals surface area contributed by atoms with Crippen LogP contribution in [0.5, 0.6) is 5.75 Å². The van der Waals surface area contributed by atoms with Gasteiger partial charge in [0, 0.05) is 35.0 Å². The largest absolute Gasteiger partial charge is 0.496 e. The maximum absolute atomic E-state index is 12.5. The van der Waals surface area contributed by atoms with E-state index in [0.717, 1.165) is 21.5 Å². The van der Waals surface area contributed by atoms with E-state index in [1.807, 2.05) is 41.8 Å². The van der Waals surface area contributed by atoms with Crippen LogP contribution in [0.1, 0.15) is 0 Å². The highest BCUT2D eigenvalue weighted by molar-refractivity contribution is 7.14. The van der Waals surface area contributed by atoms with Gasteiger partial charge in [0.1, 0.15) is 12.3 Å². The SMILES string of the molecule is COc1ccccc1-c1ccc(=O)n(CC(=O)Nc2nc(-c3cccnc3)cs2)n1. The third-order valence-corrected chi connectivity index (χ3v) is 5.01. The number of amides is 1. The Balaban J connectivity index is 1.51. The Morgan fingerprint density at radius 2 is 2.00 bits per heavy atom. The smallest absolute Gasteiger partial charge is 0.267 e. The second-order valence-electron chi connectivity index (χ2n) is 6.24. The fourth-order valence-electron chi connectivity index (χ4n) is 2.83. The lowest BCUT2D eigenvalue weighted by Gasteiger charge is -2.10. The van der Waals surface area contributed by atoms with Gasteiger partial charge in [-0.1, -0.05) is 12.1 Å². The summed E-state index contributed by atoms with van der Waals surface area (Å²) in [4.78, 5) is 33.1. The highest BCUT2D eigenvalue weighted by Crippen LogP contribution is 2.27. The number of nitrogens with one attached hydrogen (secondary N) is 1. The number of ether oxygens (including phenoxy) is 1. The van der Waals surface area contributed by atoms with Crippen molar-refractivity contribution in [1.82, 2.24) is 19.7 Å². The molecule has 4 rings (SSSR count). The van der Waals surface area contributed by atoms with Crippen LogP contribution in [-0.4, -0.2) is 32.8 Å². The van der Waals surface area contributed by atoms with Crippen LogP contribution in [0.25, 0.3) is 22.5 Å². The number of carbonyl (C=O) groups is 1. The van der Waals surface area contributed by atoms with Crippen LogP contribution in [0, 0.1) is 0 Å². The third kappa shape index (κ3) is 4.26. The van der Waals surface area contributed by atoms with Crippen LogP contribution in [0.3, 0.4) is 0 Å². The van der Waals surface area contributed by atoms with Crippen LogP contribution >= 0.6 is 11.3 Å². The van der Waals surface area contributed by atoms with Gasteiger partial charge in [0.25, 0.3) is 5.56 Å². The second-order valence-corrected chi connectivity index (χ2v) is 7.10. The van der Waals surface area contributed by atoms with Crippen molar-refractivity contribution in [3.63, 3.8) is 0 Å². The molecule has 4 aromatic rings. The number of para-hydroxylation sites is 1. The van der Waals surface area contributed by atoms with Gasteiger partial charge in [-0.3, -0.25) is 14.6 Å². The minimum Gasteiger partial charge on any atom is -0.496 e. The number of carbonyl (C=O) groups excluding carboxylic acids is 1. The van der Waals surface area contributed by atoms with Gasteiger partial charge in [0.05, 0.1) is 18.5 Å². The molecule has 0 radical (unpaired) electrons. The van der Waals surface area contributed by atoms with Gasteiger partial charge in [-0.05, 0) is 30.3 Å². The molecule has 9 heteroatoms. The van der Waals surface area contributed by atoms with Gasteiger partial charge in [0.15, 0.2) is 5.13 Å². The first kappa shape index (κ1) is 19.5. The standard InChI is InChI=1S/C21H17N5O3S/c1-29-18-7-3-2-6-15(18)16-8-9-20(28)26(25-16)12-19(27)24-21-23-17(13-30-21)14-5-4-10-22-11-14/h2-11,13H,12H2,1H3,(H,23,24,27). The Hall–Kier alpha value is -3.85. The molecule has 0 fully saturated rings. The van der Waals surface area contributed by atoms with Crippen molar-refractivity contribution in [2.45, 2.75) is 6.54 Å². The van der Waals surface area contributed by atoms with Crippen molar-refractivity contribution in [3.05, 3.63) is 76.7 Å². The molecule has 8 nitrogen and oxygen atoms in total. The summed E-state index contributed by atoms with van der Waals surface area (Å²) in [6, 6.07) is 14.0. The summed E-state index contributed by atoms with van der Waals surface area (Å²) < 4.78 is 6.47. The average molecular weight is 419 g/mol. The molecule has 30 heavy (non-hydrogen) atoms. The zero-order chi connectivity index (χ0) is 20.9. The van der Waals surface area contributed by atoms with E-state index in [9.17, 15) is 9.59 Å². The normalized spacial score (nSPS) is 10.6. The lowest BCUT2D eigenvalue weighted by molar-refractivity contribution is -0.117. The topological polar surface area (TPSA) is 99.0 Å². The average Bonchev–Trinajstić information content (AvgIpc) is 3.24. The van der Waals surface area contributed by atoms with Gasteiger partial charge in [-0.2, -0.15) is 5.10 Å². The number of benzene rings is 1. The number of hydrogen-bond acceptors (Lipinski definition) is 7. The molecule has 0 aliphatic heterocycles. The molecule has 1 aromatic carbocycles. The number of pyridine rings is 1. The van der Waals surface area contributed by atoms with E-state index in [1.165, 1.54) is 17.4 Å². The fourth-order valence-corrected chi connectivity index (χ4v) is 3.57. The molecule has 0 saturated heterocycles. The third-order valence-electron chi connectivity index (χ3n) is 4.25. The molecule has 150 valence electrons. The van der Waals surface area contributed by atoms with Crippen molar-refractivity contribution >= 4 is 22.4 Å². The molecule has 0 unspecified atom stereocenters. The van der Waals surface area contributed by atoms with E-state index in [-0.39, 0.29) is 12.1 Å². The van der Waals surface area contributed by atoms with Gasteiger partial charge in [-0.25, -0.2) is 9.67 Å². The Kier molecular flexibility index (Phi) is 5.62. The number of hydrogen-bond donors (Lipinski definition) is 1. The van der Waals surface area contributed by atoms with Crippen molar-refractivity contribution in [2.24, 2.45) is 0 Å². The summed E-state index contributed by atoms with van der Waals surface area (Å²) in [6.07, 6.45) is 3.38. The minimum absolute atomic E-state index is 0.233. The first-order valence-electron chi connectivity index (χ1n) is 9.01. The number of thiazole rings is 1. The molecule has 3 heterocycles. The summed E-state index contributed by atoms with van der Waals surface area (Å²) in [5.41, 5.74) is 2.47. The zero-order valence-electron chi connectivity index (χ0n) is 16.0. The van der Waals surface area contributed by atoms with Crippen molar-refractivity contribution in [3.8, 4) is 28.3 Å². The van der Waals surface area contributed by atoms with Crippen molar-refractivity contribution < 1.29 is 9.53 Å². The molecule has 0 atom stereocenters. The number of nitrogens with zero attached hydrogens (tertiary/aromatic N) is 4. The monoisotopic (exact) mass is 419 g/mol. The minimum atomic E-state index is -0.395. The second kappa shape index (κ2) is 8.66. The van der Waals surface area contributed by atoms with E-state index in [0.29, 0.717) is 16.6 Å². The highest BCUT2D eigenvalue weighted by atomic mass is 32.1. The van der Waals surface area contributed by atoms with Gasteiger partial charge >= 0.3 is 0 Å². The number of anilines is 1. The quantitative estimate of drug-likeness (QED) is 0.516. The number of rotatable bonds is 6. The van der Waals surface area contributed by atoms with Crippen LogP contribution < -0.4 is 15.6 Å². The van der Waals surface area contributed by atoms with Crippen molar-refractivity contribution in [1.29, 1.82) is 0 Å². The predicted molar refractivity (Wildman–Crippen MR) is 114 cm³/mol. The summed E-state index contributed by atoms with van der Waals surface area (Å²) in [5.74, 6) is 0.235. The van der Waals surface area contributed by atoms with E-state index < -0.39 is 5.91 Å². The number of aromatic nitrogens is 4. The Bertz CT molecular complexity index is 1240. The first-order chi connectivity index (χ1) is 14.6. The molecule has 0 saturated carbocycles. The lowest BCUT2D eigenvalue weighted by atomic mass is 10.1. The van der Waals surface area contributed by atoms with E-state index >= 15 is 0 Å². The highest BCUT2D eigenvalue weighted by Gasteiger charge is 2.13. The van der Waals surface area contributed by atoms with Crippen LogP contribution in [0.15, 0.2) is 71.1 Å². The summed E-state index contributed by atoms with van der Waals surface area (Å²) in [5, 5.41) is 9.31. The first-order valence-corrected chi connectivity index (χ1v) is 9.89. The molecule has 0 aliphatic rings. The summed E-state index contributed by atoms with van der Waals surface area (Å²) in [6.45, 7) is -0.233. The molecule has 1 amide bonds. The summed E-state index contributed by atoms with van der Waals surface area (Å²) in [7, 11) is 1.57. The molecular weight excluding hydrogens is 402 g/mol. The Labute approximate surface area is 175 Å².